The summed E-state index contributed by atoms with van der Waals surface area (Å²) in [5, 5.41) is 8.49. The van der Waals surface area contributed by atoms with Crippen LogP contribution in [0.5, 0.6) is 0 Å². The van der Waals surface area contributed by atoms with E-state index in [1.54, 1.807) is 25.7 Å². The highest BCUT2D eigenvalue weighted by atomic mass is 16.6. The Kier molecular flexibility index (Phi) is 12.9. The standard InChI is InChI=1S/C35H59N5O7/c1-20(2)23-17-18-40(26(23)30(43)37-24(27(41)29(36)42)19-21-13-12-14-21)31(44)25(22-15-10-9-11-16-22)38-33(46)39-28(34(3,4)5)32(45)47-35(6,7)8/h20-26,28H,9-19H2,1-8H3,(H2,36,42)(H,37,43)(H2,38,39,46)/t23-,24?,25+,26+,28-/m1/s1. The number of rotatable bonds is 12. The van der Waals surface area contributed by atoms with Gasteiger partial charge in [0.15, 0.2) is 0 Å². The van der Waals surface area contributed by atoms with Crippen LogP contribution < -0.4 is 21.7 Å². The van der Waals surface area contributed by atoms with Crippen LogP contribution in [0.25, 0.3) is 0 Å². The van der Waals surface area contributed by atoms with Crippen LogP contribution in [0.3, 0.4) is 0 Å². The molecule has 0 aromatic heterocycles. The van der Waals surface area contributed by atoms with Crippen molar-refractivity contribution in [2.24, 2.45) is 34.8 Å². The Morgan fingerprint density at radius 1 is 0.830 bits per heavy atom. The SMILES string of the molecule is CC(C)[C@H]1CCN(C(=O)[C@@H](NC(=O)N[C@H](C(=O)OC(C)(C)C)C(C)(C)C)C2CCCCC2)[C@@H]1C(=O)NC(CC1CCC1)C(=O)C(N)=O. The normalized spacial score (nSPS) is 22.9. The van der Waals surface area contributed by atoms with Crippen LogP contribution in [0.4, 0.5) is 4.79 Å². The molecule has 0 spiro atoms. The molecule has 3 rings (SSSR count). The number of carbonyl (C=O) groups excluding carboxylic acids is 6. The van der Waals surface area contributed by atoms with Crippen LogP contribution in [-0.4, -0.2) is 76.7 Å². The maximum Gasteiger partial charge on any atom is 0.329 e. The lowest BCUT2D eigenvalue weighted by Gasteiger charge is -2.37. The van der Waals surface area contributed by atoms with E-state index in [1.807, 2.05) is 34.6 Å². The second-order valence-corrected chi connectivity index (χ2v) is 16.3. The van der Waals surface area contributed by atoms with Gasteiger partial charge in [-0.2, -0.15) is 0 Å². The summed E-state index contributed by atoms with van der Waals surface area (Å²) in [5.74, 6) is -3.42. The van der Waals surface area contributed by atoms with Crippen LogP contribution >= 0.6 is 0 Å². The minimum absolute atomic E-state index is 0.0474. The average molecular weight is 662 g/mol. The first-order chi connectivity index (χ1) is 21.8. The van der Waals surface area contributed by atoms with Gasteiger partial charge in [-0.05, 0) is 75.5 Å². The molecule has 3 fully saturated rings. The van der Waals surface area contributed by atoms with Gasteiger partial charge < -0.3 is 31.3 Å². The van der Waals surface area contributed by atoms with Gasteiger partial charge in [-0.3, -0.25) is 19.2 Å². The summed E-state index contributed by atoms with van der Waals surface area (Å²) in [7, 11) is 0. The van der Waals surface area contributed by atoms with Gasteiger partial charge in [0.1, 0.15) is 23.7 Å². The molecule has 0 aromatic carbocycles. The van der Waals surface area contributed by atoms with Crippen molar-refractivity contribution < 1.29 is 33.5 Å². The summed E-state index contributed by atoms with van der Waals surface area (Å²) in [6.07, 6.45) is 8.12. The minimum atomic E-state index is -1.10. The Morgan fingerprint density at radius 3 is 1.94 bits per heavy atom. The van der Waals surface area contributed by atoms with Crippen molar-refractivity contribution in [3.63, 3.8) is 0 Å². The van der Waals surface area contributed by atoms with E-state index in [1.165, 1.54) is 0 Å². The molecule has 3 aliphatic rings. The van der Waals surface area contributed by atoms with E-state index in [9.17, 15) is 28.8 Å². The number of carbonyl (C=O) groups is 6. The monoisotopic (exact) mass is 661 g/mol. The molecule has 47 heavy (non-hydrogen) atoms. The summed E-state index contributed by atoms with van der Waals surface area (Å²) in [4.78, 5) is 81.4. The van der Waals surface area contributed by atoms with Gasteiger partial charge in [-0.15, -0.1) is 0 Å². The van der Waals surface area contributed by atoms with E-state index in [-0.39, 0.29) is 29.6 Å². The predicted molar refractivity (Wildman–Crippen MR) is 178 cm³/mol. The first-order valence-electron chi connectivity index (χ1n) is 17.5. The lowest BCUT2D eigenvalue weighted by molar-refractivity contribution is -0.160. The molecule has 266 valence electrons. The van der Waals surface area contributed by atoms with E-state index in [0.29, 0.717) is 19.4 Å². The molecule has 2 saturated carbocycles. The number of nitrogens with two attached hydrogens (primary N) is 1. The maximum atomic E-state index is 14.5. The number of hydrogen-bond donors (Lipinski definition) is 4. The molecular formula is C35H59N5O7. The van der Waals surface area contributed by atoms with Crippen LogP contribution in [0, 0.1) is 29.1 Å². The van der Waals surface area contributed by atoms with E-state index in [2.05, 4.69) is 16.0 Å². The number of primary amides is 1. The van der Waals surface area contributed by atoms with Crippen LogP contribution in [0.2, 0.25) is 0 Å². The van der Waals surface area contributed by atoms with Gasteiger partial charge in [0.25, 0.3) is 5.91 Å². The number of likely N-dealkylation sites (tertiary alicyclic amines) is 1. The molecule has 5 N–H and O–H groups in total. The fraction of sp³-hybridized carbons (Fsp3) is 0.829. The highest BCUT2D eigenvalue weighted by Gasteiger charge is 2.47. The third-order valence-corrected chi connectivity index (χ3v) is 9.98. The topological polar surface area (TPSA) is 177 Å². The highest BCUT2D eigenvalue weighted by Crippen LogP contribution is 2.35. The number of hydrogen-bond acceptors (Lipinski definition) is 7. The third kappa shape index (κ3) is 10.4. The smallest absolute Gasteiger partial charge is 0.329 e. The molecule has 12 heteroatoms. The van der Waals surface area contributed by atoms with Crippen molar-refractivity contribution in [3.8, 4) is 0 Å². The van der Waals surface area contributed by atoms with Crippen molar-refractivity contribution >= 4 is 35.5 Å². The molecule has 0 radical (unpaired) electrons. The highest BCUT2D eigenvalue weighted by molar-refractivity contribution is 6.37. The number of urea groups is 1. The van der Waals surface area contributed by atoms with Gasteiger partial charge in [-0.1, -0.05) is 73.1 Å². The number of nitrogens with zero attached hydrogens (tertiary/aromatic N) is 1. The third-order valence-electron chi connectivity index (χ3n) is 9.98. The summed E-state index contributed by atoms with van der Waals surface area (Å²) < 4.78 is 5.60. The van der Waals surface area contributed by atoms with E-state index in [4.69, 9.17) is 10.5 Å². The Labute approximate surface area is 280 Å². The lowest BCUT2D eigenvalue weighted by Crippen LogP contribution is -2.61. The summed E-state index contributed by atoms with van der Waals surface area (Å²) in [5.41, 5.74) is 3.92. The number of amides is 5. The van der Waals surface area contributed by atoms with E-state index >= 15 is 0 Å². The Hall–Kier alpha value is -3.18. The second kappa shape index (κ2) is 15.8. The first kappa shape index (κ1) is 38.3. The zero-order chi connectivity index (χ0) is 35.3. The quantitative estimate of drug-likeness (QED) is 0.182. The second-order valence-electron chi connectivity index (χ2n) is 16.3. The van der Waals surface area contributed by atoms with Gasteiger partial charge in [0.2, 0.25) is 17.6 Å². The summed E-state index contributed by atoms with van der Waals surface area (Å²) >= 11 is 0. The van der Waals surface area contributed by atoms with Crippen molar-refractivity contribution in [2.75, 3.05) is 6.54 Å². The Bertz CT molecular complexity index is 1160. The molecule has 1 unspecified atom stereocenters. The fourth-order valence-electron chi connectivity index (χ4n) is 7.15. The number of Topliss-reactive ketones (excluding diaryl/α,β-unsaturated/α-hetero) is 1. The largest absolute Gasteiger partial charge is 0.458 e. The van der Waals surface area contributed by atoms with Gasteiger partial charge >= 0.3 is 12.0 Å². The van der Waals surface area contributed by atoms with Crippen molar-refractivity contribution in [1.82, 2.24) is 20.9 Å². The predicted octanol–water partition coefficient (Wildman–Crippen LogP) is 3.59. The molecule has 1 heterocycles. The maximum absolute atomic E-state index is 14.5. The van der Waals surface area contributed by atoms with Gasteiger partial charge in [0.05, 0.1) is 6.04 Å². The van der Waals surface area contributed by atoms with E-state index < -0.39 is 64.8 Å². The number of ketones is 1. The number of ether oxygens (including phenoxy) is 1. The molecule has 5 atom stereocenters. The molecule has 1 aliphatic heterocycles. The van der Waals surface area contributed by atoms with Crippen LogP contribution in [-0.2, 0) is 28.7 Å². The fourth-order valence-corrected chi connectivity index (χ4v) is 7.15. The van der Waals surface area contributed by atoms with Gasteiger partial charge in [0, 0.05) is 6.54 Å². The zero-order valence-electron chi connectivity index (χ0n) is 29.8. The molecule has 12 nitrogen and oxygen atoms in total. The lowest BCUT2D eigenvalue weighted by atomic mass is 9.80. The van der Waals surface area contributed by atoms with Crippen molar-refractivity contribution in [2.45, 2.75) is 149 Å². The minimum Gasteiger partial charge on any atom is -0.458 e. The summed E-state index contributed by atoms with van der Waals surface area (Å²) in [6.45, 7) is 15.1. The molecular weight excluding hydrogens is 602 g/mol. The van der Waals surface area contributed by atoms with Crippen LogP contribution in [0.1, 0.15) is 120 Å². The number of esters is 1. The molecule has 5 amide bonds. The molecule has 2 aliphatic carbocycles. The number of nitrogens with one attached hydrogen (secondary N) is 3. The zero-order valence-corrected chi connectivity index (χ0v) is 29.8. The molecule has 0 aromatic rings. The van der Waals surface area contributed by atoms with Crippen molar-refractivity contribution in [1.29, 1.82) is 0 Å². The first-order valence-corrected chi connectivity index (χ1v) is 17.5. The molecule has 0 bridgehead atoms. The van der Waals surface area contributed by atoms with Gasteiger partial charge in [-0.25, -0.2) is 9.59 Å². The van der Waals surface area contributed by atoms with Crippen molar-refractivity contribution in [3.05, 3.63) is 0 Å². The Morgan fingerprint density at radius 2 is 1.45 bits per heavy atom. The van der Waals surface area contributed by atoms with E-state index in [0.717, 1.165) is 51.4 Å². The average Bonchev–Trinajstić information content (AvgIpc) is 3.40. The van der Waals surface area contributed by atoms with Crippen LogP contribution in [0.15, 0.2) is 0 Å². The molecule has 1 saturated heterocycles. The summed E-state index contributed by atoms with van der Waals surface area (Å²) in [6, 6.07) is -4.49. The Balaban J connectivity index is 1.87.